The zero-order valence-corrected chi connectivity index (χ0v) is 13.8. The highest BCUT2D eigenvalue weighted by molar-refractivity contribution is 7.98. The van der Waals surface area contributed by atoms with Crippen LogP contribution in [0.15, 0.2) is 53.4 Å². The standard InChI is InChI=1S/C17H18N2O3S/c1-22-15-9-4-3-6-12(15)11-18-16(20)17(21)19-13-7-5-8-14(10-13)23-2/h3-10H,11H2,1-2H3,(H,18,20)(H,19,21). The van der Waals surface area contributed by atoms with E-state index < -0.39 is 11.8 Å². The van der Waals surface area contributed by atoms with Gasteiger partial charge >= 0.3 is 11.8 Å². The van der Waals surface area contributed by atoms with Gasteiger partial charge in [0.25, 0.3) is 0 Å². The van der Waals surface area contributed by atoms with Crippen LogP contribution in [0.3, 0.4) is 0 Å². The van der Waals surface area contributed by atoms with Crippen molar-refractivity contribution in [3.8, 4) is 5.75 Å². The average Bonchev–Trinajstić information content (AvgIpc) is 2.59. The number of hydrogen-bond donors (Lipinski definition) is 2. The summed E-state index contributed by atoms with van der Waals surface area (Å²) in [6.45, 7) is 0.223. The summed E-state index contributed by atoms with van der Waals surface area (Å²) in [6.07, 6.45) is 1.95. The van der Waals surface area contributed by atoms with Crippen LogP contribution in [0.1, 0.15) is 5.56 Å². The normalized spacial score (nSPS) is 10.0. The Bertz CT molecular complexity index is 704. The number of nitrogens with one attached hydrogen (secondary N) is 2. The minimum absolute atomic E-state index is 0.223. The van der Waals surface area contributed by atoms with Crippen molar-refractivity contribution in [2.24, 2.45) is 0 Å². The van der Waals surface area contributed by atoms with Gasteiger partial charge in [0.15, 0.2) is 0 Å². The summed E-state index contributed by atoms with van der Waals surface area (Å²) < 4.78 is 5.21. The maximum atomic E-state index is 11.9. The molecule has 6 heteroatoms. The predicted octanol–water partition coefficient (Wildman–Crippen LogP) is 2.67. The Labute approximate surface area is 139 Å². The summed E-state index contributed by atoms with van der Waals surface area (Å²) in [5.74, 6) is -0.718. The van der Waals surface area contributed by atoms with Gasteiger partial charge in [0.05, 0.1) is 7.11 Å². The second-order valence-corrected chi connectivity index (χ2v) is 5.56. The molecule has 0 aliphatic carbocycles. The van der Waals surface area contributed by atoms with Crippen molar-refractivity contribution in [2.45, 2.75) is 11.4 Å². The maximum absolute atomic E-state index is 11.9. The number of rotatable bonds is 5. The molecule has 0 unspecified atom stereocenters. The third kappa shape index (κ3) is 4.75. The van der Waals surface area contributed by atoms with Gasteiger partial charge in [-0.1, -0.05) is 24.3 Å². The number of ether oxygens (including phenoxy) is 1. The molecule has 0 aromatic heterocycles. The Morgan fingerprint density at radius 3 is 2.61 bits per heavy atom. The van der Waals surface area contributed by atoms with Crippen molar-refractivity contribution in [2.75, 3.05) is 18.7 Å². The second kappa shape index (κ2) is 8.24. The van der Waals surface area contributed by atoms with E-state index in [-0.39, 0.29) is 6.54 Å². The van der Waals surface area contributed by atoms with Gasteiger partial charge in [-0.25, -0.2) is 0 Å². The lowest BCUT2D eigenvalue weighted by molar-refractivity contribution is -0.136. The van der Waals surface area contributed by atoms with Crippen LogP contribution in [0.5, 0.6) is 5.75 Å². The molecule has 2 N–H and O–H groups in total. The number of benzene rings is 2. The third-order valence-electron chi connectivity index (χ3n) is 3.17. The zero-order valence-electron chi connectivity index (χ0n) is 13.0. The summed E-state index contributed by atoms with van der Waals surface area (Å²) >= 11 is 1.56. The lowest BCUT2D eigenvalue weighted by atomic mass is 10.2. The van der Waals surface area contributed by atoms with E-state index in [0.29, 0.717) is 11.4 Å². The van der Waals surface area contributed by atoms with Crippen LogP contribution in [0.4, 0.5) is 5.69 Å². The first-order chi connectivity index (χ1) is 11.1. The zero-order chi connectivity index (χ0) is 16.7. The molecule has 0 heterocycles. The van der Waals surface area contributed by atoms with E-state index in [1.807, 2.05) is 42.7 Å². The van der Waals surface area contributed by atoms with E-state index in [4.69, 9.17) is 4.74 Å². The summed E-state index contributed by atoms with van der Waals surface area (Å²) in [7, 11) is 1.56. The molecular formula is C17H18N2O3S. The molecule has 5 nitrogen and oxygen atoms in total. The molecule has 2 aromatic carbocycles. The molecule has 120 valence electrons. The van der Waals surface area contributed by atoms with Crippen molar-refractivity contribution < 1.29 is 14.3 Å². The number of anilines is 1. The number of methoxy groups -OCH3 is 1. The average molecular weight is 330 g/mol. The molecule has 2 rings (SSSR count). The van der Waals surface area contributed by atoms with Gasteiger partial charge in [0.2, 0.25) is 0 Å². The van der Waals surface area contributed by atoms with Crippen molar-refractivity contribution in [3.05, 3.63) is 54.1 Å². The van der Waals surface area contributed by atoms with Crippen LogP contribution in [0, 0.1) is 0 Å². The van der Waals surface area contributed by atoms with Crippen LogP contribution < -0.4 is 15.4 Å². The van der Waals surface area contributed by atoms with Gasteiger partial charge in [-0.2, -0.15) is 0 Å². The van der Waals surface area contributed by atoms with Gasteiger partial charge in [0, 0.05) is 22.7 Å². The van der Waals surface area contributed by atoms with Gasteiger partial charge in [-0.05, 0) is 30.5 Å². The summed E-state index contributed by atoms with van der Waals surface area (Å²) in [4.78, 5) is 24.8. The highest BCUT2D eigenvalue weighted by atomic mass is 32.2. The fourth-order valence-corrected chi connectivity index (χ4v) is 2.45. The Kier molecular flexibility index (Phi) is 6.05. The molecule has 0 radical (unpaired) electrons. The highest BCUT2D eigenvalue weighted by Crippen LogP contribution is 2.19. The van der Waals surface area contributed by atoms with E-state index in [1.165, 1.54) is 0 Å². The first-order valence-electron chi connectivity index (χ1n) is 6.99. The van der Waals surface area contributed by atoms with Gasteiger partial charge in [-0.15, -0.1) is 11.8 Å². The van der Waals surface area contributed by atoms with Crippen LogP contribution >= 0.6 is 11.8 Å². The fraction of sp³-hybridized carbons (Fsp3) is 0.176. The van der Waals surface area contributed by atoms with Crippen LogP contribution in [0.2, 0.25) is 0 Å². The van der Waals surface area contributed by atoms with E-state index in [0.717, 1.165) is 10.5 Å². The first-order valence-corrected chi connectivity index (χ1v) is 8.21. The third-order valence-corrected chi connectivity index (χ3v) is 3.89. The molecule has 0 spiro atoms. The molecular weight excluding hydrogens is 312 g/mol. The van der Waals surface area contributed by atoms with Gasteiger partial charge in [0.1, 0.15) is 5.75 Å². The largest absolute Gasteiger partial charge is 0.496 e. The minimum Gasteiger partial charge on any atom is -0.496 e. The van der Waals surface area contributed by atoms with Crippen molar-refractivity contribution >= 4 is 29.3 Å². The van der Waals surface area contributed by atoms with Crippen molar-refractivity contribution in [1.82, 2.24) is 5.32 Å². The Balaban J connectivity index is 1.93. The first kappa shape index (κ1) is 16.9. The second-order valence-electron chi connectivity index (χ2n) is 4.68. The molecule has 0 aliphatic rings. The lowest BCUT2D eigenvalue weighted by Gasteiger charge is -2.10. The minimum atomic E-state index is -0.696. The number of amides is 2. The Hall–Kier alpha value is -2.47. The van der Waals surface area contributed by atoms with E-state index >= 15 is 0 Å². The van der Waals surface area contributed by atoms with E-state index in [2.05, 4.69) is 10.6 Å². The smallest absolute Gasteiger partial charge is 0.313 e. The SMILES string of the molecule is COc1ccccc1CNC(=O)C(=O)Nc1cccc(SC)c1. The molecule has 23 heavy (non-hydrogen) atoms. The molecule has 0 atom stereocenters. The van der Waals surface area contributed by atoms with Crippen LogP contribution in [-0.4, -0.2) is 25.2 Å². The monoisotopic (exact) mass is 330 g/mol. The number of carbonyl (C=O) groups is 2. The number of para-hydroxylation sites is 1. The van der Waals surface area contributed by atoms with Crippen molar-refractivity contribution in [1.29, 1.82) is 0 Å². The summed E-state index contributed by atoms with van der Waals surface area (Å²) in [6, 6.07) is 14.6. The number of hydrogen-bond acceptors (Lipinski definition) is 4. The summed E-state index contributed by atoms with van der Waals surface area (Å²) in [5.41, 5.74) is 1.40. The molecule has 0 aliphatic heterocycles. The molecule has 0 bridgehead atoms. The molecule has 0 saturated carbocycles. The van der Waals surface area contributed by atoms with Crippen LogP contribution in [0.25, 0.3) is 0 Å². The van der Waals surface area contributed by atoms with Crippen molar-refractivity contribution in [3.63, 3.8) is 0 Å². The van der Waals surface area contributed by atoms with Crippen LogP contribution in [-0.2, 0) is 16.1 Å². The topological polar surface area (TPSA) is 67.4 Å². The lowest BCUT2D eigenvalue weighted by Crippen LogP contribution is -2.35. The van der Waals surface area contributed by atoms with E-state index in [1.54, 1.807) is 31.0 Å². The van der Waals surface area contributed by atoms with E-state index in [9.17, 15) is 9.59 Å². The highest BCUT2D eigenvalue weighted by Gasteiger charge is 2.14. The fourth-order valence-electron chi connectivity index (χ4n) is 1.99. The van der Waals surface area contributed by atoms with Gasteiger partial charge in [-0.3, -0.25) is 9.59 Å². The van der Waals surface area contributed by atoms with Gasteiger partial charge < -0.3 is 15.4 Å². The Morgan fingerprint density at radius 1 is 1.09 bits per heavy atom. The Morgan fingerprint density at radius 2 is 1.87 bits per heavy atom. The quantitative estimate of drug-likeness (QED) is 0.653. The molecule has 2 amide bonds. The molecule has 2 aromatic rings. The molecule has 0 fully saturated rings. The molecule has 0 saturated heterocycles. The number of carbonyl (C=O) groups excluding carboxylic acids is 2. The number of thioether (sulfide) groups is 1. The predicted molar refractivity (Wildman–Crippen MR) is 91.7 cm³/mol. The summed E-state index contributed by atoms with van der Waals surface area (Å²) in [5, 5.41) is 5.17. The maximum Gasteiger partial charge on any atom is 0.313 e.